The second-order valence-corrected chi connectivity index (χ2v) is 3.53. The fourth-order valence-corrected chi connectivity index (χ4v) is 1.58. The molecule has 0 bridgehead atoms. The Balaban J connectivity index is 3.02. The minimum atomic E-state index is 0.527. The van der Waals surface area contributed by atoms with Crippen LogP contribution in [0.1, 0.15) is 0 Å². The smallest absolute Gasteiger partial charge is 0.135 e. The summed E-state index contributed by atoms with van der Waals surface area (Å²) in [5.41, 5.74) is 0.731. The molecule has 0 spiro atoms. The molecule has 0 aliphatic heterocycles. The maximum Gasteiger partial charge on any atom is 0.135 e. The summed E-state index contributed by atoms with van der Waals surface area (Å²) in [5, 5.41) is 1.11. The third kappa shape index (κ3) is 1.05. The number of pyridine rings is 1. The number of rotatable bonds is 0. The van der Waals surface area contributed by atoms with Crippen molar-refractivity contribution in [2.45, 2.75) is 0 Å². The van der Waals surface area contributed by atoms with Gasteiger partial charge in [-0.2, -0.15) is 0 Å². The summed E-state index contributed by atoms with van der Waals surface area (Å²) in [7, 11) is 0. The lowest BCUT2D eigenvalue weighted by Crippen LogP contribution is -1.84. The molecule has 0 radical (unpaired) electrons. The van der Waals surface area contributed by atoms with E-state index in [9.17, 15) is 0 Å². The molecule has 0 aliphatic rings. The third-order valence-corrected chi connectivity index (χ3v) is 2.72. The van der Waals surface area contributed by atoms with Crippen molar-refractivity contribution in [3.63, 3.8) is 0 Å². The quantitative estimate of drug-likeness (QED) is 0.674. The molecule has 62 valence electrons. The normalized spacial score (nSPS) is 10.8. The Labute approximate surface area is 83.7 Å². The summed E-state index contributed by atoms with van der Waals surface area (Å²) in [6.07, 6.45) is 3.44. The minimum absolute atomic E-state index is 0.527. The first-order chi connectivity index (χ1) is 5.70. The van der Waals surface area contributed by atoms with Gasteiger partial charge < -0.3 is 4.98 Å². The highest BCUT2D eigenvalue weighted by molar-refractivity contribution is 7.71. The second kappa shape index (κ2) is 2.76. The van der Waals surface area contributed by atoms with Gasteiger partial charge in [-0.25, -0.2) is 0 Å². The van der Waals surface area contributed by atoms with Crippen LogP contribution in [0.3, 0.4) is 0 Å². The Bertz CT molecular complexity index is 486. The molecule has 0 amide bonds. The predicted molar refractivity (Wildman–Crippen MR) is 52.6 cm³/mol. The van der Waals surface area contributed by atoms with Crippen LogP contribution in [0.2, 0.25) is 10.2 Å². The van der Waals surface area contributed by atoms with Crippen molar-refractivity contribution in [2.24, 2.45) is 0 Å². The maximum atomic E-state index is 5.92. The Hall–Kier alpha value is -0.510. The van der Waals surface area contributed by atoms with E-state index in [2.05, 4.69) is 4.98 Å². The summed E-state index contributed by atoms with van der Waals surface area (Å²) in [5.74, 6) is 0. The summed E-state index contributed by atoms with van der Waals surface area (Å²) in [4.78, 5) is 2.93. The van der Waals surface area contributed by atoms with E-state index in [1.54, 1.807) is 22.9 Å². The van der Waals surface area contributed by atoms with Crippen LogP contribution in [0, 0.1) is 4.51 Å². The first kappa shape index (κ1) is 8.10. The highest BCUT2D eigenvalue weighted by Crippen LogP contribution is 2.20. The highest BCUT2D eigenvalue weighted by Gasteiger charge is 2.03. The van der Waals surface area contributed by atoms with Crippen molar-refractivity contribution >= 4 is 41.1 Å². The highest BCUT2D eigenvalue weighted by atomic mass is 35.5. The average Bonchev–Trinajstić information content (AvgIpc) is 2.41. The van der Waals surface area contributed by atoms with Crippen LogP contribution >= 0.6 is 35.4 Å². The lowest BCUT2D eigenvalue weighted by atomic mass is 10.5. The molecule has 0 atom stereocenters. The van der Waals surface area contributed by atoms with Gasteiger partial charge in [-0.1, -0.05) is 35.4 Å². The van der Waals surface area contributed by atoms with Crippen LogP contribution in [0.5, 0.6) is 0 Å². The molecular weight excluding hydrogens is 215 g/mol. The lowest BCUT2D eigenvalue weighted by molar-refractivity contribution is 1.18. The molecular formula is C7H4Cl2N2S. The van der Waals surface area contributed by atoms with Crippen molar-refractivity contribution in [3.05, 3.63) is 33.1 Å². The van der Waals surface area contributed by atoms with Crippen molar-refractivity contribution in [1.82, 2.24) is 9.38 Å². The lowest BCUT2D eigenvalue weighted by Gasteiger charge is -1.96. The first-order valence-electron chi connectivity index (χ1n) is 3.24. The molecule has 2 heterocycles. The number of aromatic nitrogens is 2. The van der Waals surface area contributed by atoms with E-state index in [-0.39, 0.29) is 0 Å². The number of halogens is 2. The zero-order chi connectivity index (χ0) is 8.72. The zero-order valence-corrected chi connectivity index (χ0v) is 8.17. The molecule has 2 rings (SSSR count). The molecule has 0 aromatic carbocycles. The summed E-state index contributed by atoms with van der Waals surface area (Å²) >= 11 is 16.7. The molecule has 2 aromatic heterocycles. The fourth-order valence-electron chi connectivity index (χ4n) is 1.02. The SMILES string of the molecule is S=c1ccn2c(Cl)c[nH]c2c1Cl. The maximum absolute atomic E-state index is 5.92. The molecule has 0 fully saturated rings. The molecule has 2 nitrogen and oxygen atoms in total. The topological polar surface area (TPSA) is 20.2 Å². The monoisotopic (exact) mass is 218 g/mol. The van der Waals surface area contributed by atoms with Gasteiger partial charge in [0.05, 0.1) is 9.53 Å². The van der Waals surface area contributed by atoms with E-state index in [4.69, 9.17) is 35.4 Å². The van der Waals surface area contributed by atoms with Gasteiger partial charge >= 0.3 is 0 Å². The number of hydrogen-bond acceptors (Lipinski definition) is 1. The van der Waals surface area contributed by atoms with Crippen LogP contribution in [-0.4, -0.2) is 9.38 Å². The molecule has 0 unspecified atom stereocenters. The van der Waals surface area contributed by atoms with Crippen molar-refractivity contribution in [3.8, 4) is 0 Å². The molecule has 0 aliphatic carbocycles. The van der Waals surface area contributed by atoms with E-state index < -0.39 is 0 Å². The van der Waals surface area contributed by atoms with Crippen molar-refractivity contribution in [2.75, 3.05) is 0 Å². The standard InChI is InChI=1S/C7H4Cl2N2S/c8-5-3-10-7-6(9)4(12)1-2-11(5)7/h1-3,10H. The predicted octanol–water partition coefficient (Wildman–Crippen LogP) is 3.30. The number of fused-ring (bicyclic) bond motifs is 1. The van der Waals surface area contributed by atoms with Crippen LogP contribution in [0.15, 0.2) is 18.5 Å². The molecule has 0 saturated heterocycles. The number of nitrogens with one attached hydrogen (secondary N) is 1. The number of nitrogens with zero attached hydrogens (tertiary/aromatic N) is 1. The summed E-state index contributed by atoms with van der Waals surface area (Å²) in [6.45, 7) is 0. The van der Waals surface area contributed by atoms with Crippen LogP contribution in [0.25, 0.3) is 5.65 Å². The van der Waals surface area contributed by atoms with Gasteiger partial charge in [-0.3, -0.25) is 4.40 Å². The number of H-pyrrole nitrogens is 1. The Kier molecular flexibility index (Phi) is 1.87. The van der Waals surface area contributed by atoms with Crippen LogP contribution in [-0.2, 0) is 0 Å². The van der Waals surface area contributed by atoms with Crippen LogP contribution < -0.4 is 0 Å². The third-order valence-electron chi connectivity index (χ3n) is 1.60. The number of aromatic amines is 1. The van der Waals surface area contributed by atoms with E-state index in [0.717, 1.165) is 5.65 Å². The Morgan fingerprint density at radius 1 is 1.42 bits per heavy atom. The van der Waals surface area contributed by atoms with Crippen molar-refractivity contribution in [1.29, 1.82) is 0 Å². The van der Waals surface area contributed by atoms with E-state index >= 15 is 0 Å². The van der Waals surface area contributed by atoms with Gasteiger partial charge in [-0.15, -0.1) is 0 Å². The Morgan fingerprint density at radius 3 is 2.92 bits per heavy atom. The van der Waals surface area contributed by atoms with Gasteiger partial charge in [0, 0.05) is 12.4 Å². The van der Waals surface area contributed by atoms with E-state index in [1.165, 1.54) is 0 Å². The van der Waals surface area contributed by atoms with Gasteiger partial charge in [0.2, 0.25) is 0 Å². The van der Waals surface area contributed by atoms with Crippen LogP contribution in [0.4, 0.5) is 0 Å². The number of imidazole rings is 1. The fraction of sp³-hybridized carbons (Fsp3) is 0. The second-order valence-electron chi connectivity index (χ2n) is 2.32. The first-order valence-corrected chi connectivity index (χ1v) is 4.40. The molecule has 12 heavy (non-hydrogen) atoms. The van der Waals surface area contributed by atoms with Gasteiger partial charge in [0.15, 0.2) is 0 Å². The molecule has 5 heteroatoms. The summed E-state index contributed by atoms with van der Waals surface area (Å²) in [6, 6.07) is 1.74. The molecule has 0 saturated carbocycles. The van der Waals surface area contributed by atoms with Crippen molar-refractivity contribution < 1.29 is 0 Å². The average molecular weight is 219 g/mol. The minimum Gasteiger partial charge on any atom is -0.344 e. The zero-order valence-electron chi connectivity index (χ0n) is 5.84. The molecule has 2 aromatic rings. The van der Waals surface area contributed by atoms with E-state index in [1.807, 2.05) is 0 Å². The Morgan fingerprint density at radius 2 is 2.17 bits per heavy atom. The number of hydrogen-bond donors (Lipinski definition) is 1. The van der Waals surface area contributed by atoms with Gasteiger partial charge in [0.25, 0.3) is 0 Å². The van der Waals surface area contributed by atoms with Gasteiger partial charge in [-0.05, 0) is 6.07 Å². The summed E-state index contributed by atoms with van der Waals surface area (Å²) < 4.78 is 2.36. The largest absolute Gasteiger partial charge is 0.344 e. The van der Waals surface area contributed by atoms with Gasteiger partial charge in [0.1, 0.15) is 10.8 Å². The molecule has 1 N–H and O–H groups in total. The van der Waals surface area contributed by atoms with E-state index in [0.29, 0.717) is 14.7 Å².